The first-order valence-corrected chi connectivity index (χ1v) is 10.1. The minimum atomic E-state index is -0.458. The van der Waals surface area contributed by atoms with Crippen LogP contribution in [-0.4, -0.2) is 60.8 Å². The predicted octanol–water partition coefficient (Wildman–Crippen LogP) is 2.27. The van der Waals surface area contributed by atoms with Crippen molar-refractivity contribution in [2.24, 2.45) is 10.9 Å². The van der Waals surface area contributed by atoms with Crippen molar-refractivity contribution in [3.8, 4) is 0 Å². The van der Waals surface area contributed by atoms with Crippen LogP contribution in [-0.2, 0) is 6.42 Å². The lowest BCUT2D eigenvalue weighted by Gasteiger charge is -2.34. The van der Waals surface area contributed by atoms with Crippen LogP contribution in [0.25, 0.3) is 0 Å². The zero-order valence-electron chi connectivity index (χ0n) is 16.6. The van der Waals surface area contributed by atoms with E-state index in [2.05, 4.69) is 41.3 Å². The first-order valence-electron chi connectivity index (χ1n) is 10.1. The number of hydrogen-bond donors (Lipinski definition) is 3. The van der Waals surface area contributed by atoms with E-state index in [0.717, 1.165) is 49.9 Å². The van der Waals surface area contributed by atoms with Gasteiger partial charge in [0.2, 0.25) is 0 Å². The largest absolute Gasteiger partial charge is 0.391 e. The van der Waals surface area contributed by atoms with Gasteiger partial charge in [-0.15, -0.1) is 0 Å². The van der Waals surface area contributed by atoms with Gasteiger partial charge < -0.3 is 20.6 Å². The molecule has 1 heterocycles. The summed E-state index contributed by atoms with van der Waals surface area (Å²) in [4.78, 5) is 7.15. The van der Waals surface area contributed by atoms with Crippen LogP contribution < -0.4 is 10.6 Å². The molecule has 1 aliphatic rings. The van der Waals surface area contributed by atoms with E-state index < -0.39 is 6.10 Å². The summed E-state index contributed by atoms with van der Waals surface area (Å²) in [6.07, 6.45) is 2.46. The van der Waals surface area contributed by atoms with Crippen LogP contribution in [0.4, 0.5) is 0 Å². The van der Waals surface area contributed by atoms with Gasteiger partial charge >= 0.3 is 0 Å². The first-order chi connectivity index (χ1) is 12.6. The number of likely N-dealkylation sites (tertiary alicyclic amines) is 1. The Morgan fingerprint density at radius 1 is 1.23 bits per heavy atom. The molecule has 26 heavy (non-hydrogen) atoms. The molecule has 0 amide bonds. The zero-order chi connectivity index (χ0) is 18.8. The Morgan fingerprint density at radius 2 is 1.92 bits per heavy atom. The molecule has 1 saturated heterocycles. The van der Waals surface area contributed by atoms with Crippen LogP contribution in [0.3, 0.4) is 0 Å². The quantitative estimate of drug-likeness (QED) is 0.492. The van der Waals surface area contributed by atoms with Gasteiger partial charge in [-0.3, -0.25) is 4.99 Å². The SMILES string of the molecule is CCNC(=NCC(O)Cc1ccccc1)NC1CCN(CC(C)C)CC1. The topological polar surface area (TPSA) is 59.9 Å². The van der Waals surface area contributed by atoms with E-state index in [1.54, 1.807) is 0 Å². The zero-order valence-corrected chi connectivity index (χ0v) is 16.6. The van der Waals surface area contributed by atoms with E-state index in [1.807, 2.05) is 30.3 Å². The number of aliphatic hydroxyl groups excluding tert-OH is 1. The maximum absolute atomic E-state index is 10.3. The van der Waals surface area contributed by atoms with Crippen molar-refractivity contribution in [1.29, 1.82) is 0 Å². The molecule has 1 atom stereocenters. The van der Waals surface area contributed by atoms with E-state index in [-0.39, 0.29) is 0 Å². The molecule has 2 rings (SSSR count). The molecule has 0 aliphatic carbocycles. The van der Waals surface area contributed by atoms with Gasteiger partial charge in [-0.05, 0) is 31.2 Å². The van der Waals surface area contributed by atoms with Crippen molar-refractivity contribution < 1.29 is 5.11 Å². The molecule has 1 aromatic carbocycles. The van der Waals surface area contributed by atoms with Gasteiger partial charge in [0, 0.05) is 38.6 Å². The van der Waals surface area contributed by atoms with Crippen LogP contribution in [0.1, 0.15) is 39.2 Å². The second kappa shape index (κ2) is 11.2. The lowest BCUT2D eigenvalue weighted by Crippen LogP contribution is -2.49. The molecule has 5 heteroatoms. The number of benzene rings is 1. The van der Waals surface area contributed by atoms with E-state index in [1.165, 1.54) is 6.54 Å². The van der Waals surface area contributed by atoms with Crippen molar-refractivity contribution in [3.05, 3.63) is 35.9 Å². The highest BCUT2D eigenvalue weighted by molar-refractivity contribution is 5.80. The average Bonchev–Trinajstić information content (AvgIpc) is 2.62. The Morgan fingerprint density at radius 3 is 2.54 bits per heavy atom. The van der Waals surface area contributed by atoms with Crippen LogP contribution in [0, 0.1) is 5.92 Å². The molecule has 0 bridgehead atoms. The van der Waals surface area contributed by atoms with Gasteiger partial charge in [-0.1, -0.05) is 44.2 Å². The average molecular weight is 361 g/mol. The normalized spacial score (nSPS) is 18.1. The molecule has 0 saturated carbocycles. The monoisotopic (exact) mass is 360 g/mol. The third kappa shape index (κ3) is 7.75. The van der Waals surface area contributed by atoms with E-state index in [9.17, 15) is 5.11 Å². The smallest absolute Gasteiger partial charge is 0.191 e. The van der Waals surface area contributed by atoms with Crippen LogP contribution >= 0.6 is 0 Å². The molecule has 0 spiro atoms. The highest BCUT2D eigenvalue weighted by atomic mass is 16.3. The molecule has 1 aromatic rings. The van der Waals surface area contributed by atoms with Gasteiger partial charge in [0.1, 0.15) is 0 Å². The highest BCUT2D eigenvalue weighted by Gasteiger charge is 2.20. The maximum atomic E-state index is 10.3. The van der Waals surface area contributed by atoms with Gasteiger partial charge in [-0.2, -0.15) is 0 Å². The van der Waals surface area contributed by atoms with Crippen LogP contribution in [0.2, 0.25) is 0 Å². The molecule has 146 valence electrons. The number of aliphatic hydroxyl groups is 1. The van der Waals surface area contributed by atoms with E-state index in [4.69, 9.17) is 0 Å². The summed E-state index contributed by atoms with van der Waals surface area (Å²) in [5.74, 6) is 1.55. The third-order valence-electron chi connectivity index (χ3n) is 4.67. The lowest BCUT2D eigenvalue weighted by molar-refractivity contribution is 0.182. The standard InChI is InChI=1S/C21H36N4O/c1-4-22-21(23-15-20(26)14-18-8-6-5-7-9-18)24-19-10-12-25(13-11-19)16-17(2)3/h5-9,17,19-20,26H,4,10-16H2,1-3H3,(H2,22,23,24). The Bertz CT molecular complexity index is 524. The summed E-state index contributed by atoms with van der Waals surface area (Å²) >= 11 is 0. The lowest BCUT2D eigenvalue weighted by atomic mass is 10.0. The van der Waals surface area contributed by atoms with Crippen molar-refractivity contribution in [3.63, 3.8) is 0 Å². The van der Waals surface area contributed by atoms with Gasteiger partial charge in [-0.25, -0.2) is 0 Å². The first kappa shape index (κ1) is 20.7. The number of nitrogens with zero attached hydrogens (tertiary/aromatic N) is 2. The summed E-state index contributed by atoms with van der Waals surface area (Å²) < 4.78 is 0. The number of piperidine rings is 1. The molecule has 1 aliphatic heterocycles. The molecule has 5 nitrogen and oxygen atoms in total. The fraction of sp³-hybridized carbons (Fsp3) is 0.667. The summed E-state index contributed by atoms with van der Waals surface area (Å²) in [5, 5.41) is 17.1. The number of hydrogen-bond acceptors (Lipinski definition) is 3. The number of aliphatic imine (C=N–C) groups is 1. The third-order valence-corrected chi connectivity index (χ3v) is 4.67. The Kier molecular flexibility index (Phi) is 8.92. The van der Waals surface area contributed by atoms with Gasteiger partial charge in [0.05, 0.1) is 12.6 Å². The molecule has 0 aromatic heterocycles. The molecule has 3 N–H and O–H groups in total. The number of nitrogens with one attached hydrogen (secondary N) is 2. The van der Waals surface area contributed by atoms with Crippen LogP contribution in [0.5, 0.6) is 0 Å². The fourth-order valence-electron chi connectivity index (χ4n) is 3.44. The van der Waals surface area contributed by atoms with Crippen LogP contribution in [0.15, 0.2) is 35.3 Å². The summed E-state index contributed by atoms with van der Waals surface area (Å²) in [6.45, 7) is 11.3. The van der Waals surface area contributed by atoms with Crippen molar-refractivity contribution in [1.82, 2.24) is 15.5 Å². The van der Waals surface area contributed by atoms with E-state index in [0.29, 0.717) is 19.0 Å². The van der Waals surface area contributed by atoms with Gasteiger partial charge in [0.25, 0.3) is 0 Å². The predicted molar refractivity (Wildman–Crippen MR) is 110 cm³/mol. The second-order valence-electron chi connectivity index (χ2n) is 7.68. The summed E-state index contributed by atoms with van der Waals surface area (Å²) in [7, 11) is 0. The fourth-order valence-corrected chi connectivity index (χ4v) is 3.44. The number of rotatable bonds is 8. The number of guanidine groups is 1. The molecule has 1 fully saturated rings. The molecular formula is C21H36N4O. The highest BCUT2D eigenvalue weighted by Crippen LogP contribution is 2.12. The van der Waals surface area contributed by atoms with E-state index >= 15 is 0 Å². The summed E-state index contributed by atoms with van der Waals surface area (Å²) in [5.41, 5.74) is 1.14. The minimum absolute atomic E-state index is 0.413. The second-order valence-corrected chi connectivity index (χ2v) is 7.68. The Labute approximate surface area is 158 Å². The van der Waals surface area contributed by atoms with Crippen molar-refractivity contribution in [2.45, 2.75) is 52.2 Å². The van der Waals surface area contributed by atoms with Crippen molar-refractivity contribution in [2.75, 3.05) is 32.7 Å². The van der Waals surface area contributed by atoms with Gasteiger partial charge in [0.15, 0.2) is 5.96 Å². The summed E-state index contributed by atoms with van der Waals surface area (Å²) in [6, 6.07) is 10.5. The maximum Gasteiger partial charge on any atom is 0.191 e. The molecule has 1 unspecified atom stereocenters. The Hall–Kier alpha value is -1.59. The molecular weight excluding hydrogens is 324 g/mol. The Balaban J connectivity index is 1.79. The molecule has 0 radical (unpaired) electrons. The van der Waals surface area contributed by atoms with Crippen molar-refractivity contribution >= 4 is 5.96 Å². The minimum Gasteiger partial charge on any atom is -0.391 e.